The van der Waals surface area contributed by atoms with Gasteiger partial charge in [-0.15, -0.1) is 0 Å². The summed E-state index contributed by atoms with van der Waals surface area (Å²) in [6.45, 7) is 30.0. The molecule has 0 aromatic heterocycles. The minimum Gasteiger partial charge on any atom is -0.324 e. The van der Waals surface area contributed by atoms with Crippen LogP contribution in [0.4, 0.5) is 0 Å². The van der Waals surface area contributed by atoms with E-state index in [9.17, 15) is 0 Å². The molecule has 3 heteroatoms. The Kier molecular flexibility index (Phi) is 33.4. The molecule has 0 saturated heterocycles. The van der Waals surface area contributed by atoms with Gasteiger partial charge in [0.15, 0.2) is 0 Å². The van der Waals surface area contributed by atoms with Crippen LogP contribution in [-0.2, 0) is 20.4 Å². The van der Waals surface area contributed by atoms with Crippen LogP contribution in [-0.4, -0.2) is 61.3 Å². The van der Waals surface area contributed by atoms with E-state index in [0.717, 1.165) is 0 Å². The van der Waals surface area contributed by atoms with Gasteiger partial charge in [-0.1, -0.05) is 107 Å². The van der Waals surface area contributed by atoms with Crippen molar-refractivity contribution in [1.29, 1.82) is 0 Å². The Morgan fingerprint density at radius 2 is 0.371 bits per heavy atom. The van der Waals surface area contributed by atoms with E-state index in [1.807, 2.05) is 0 Å². The molecular weight excluding hydrogens is 519 g/mol. The maximum absolute atomic E-state index is 2.33. The molecule has 0 aromatic rings. The minimum atomic E-state index is 0. The van der Waals surface area contributed by atoms with Gasteiger partial charge < -0.3 is 8.97 Å². The quantitative estimate of drug-likeness (QED) is 0.0775. The fourth-order valence-corrected chi connectivity index (χ4v) is 5.29. The van der Waals surface area contributed by atoms with E-state index in [1.54, 1.807) is 0 Å². The van der Waals surface area contributed by atoms with Crippen LogP contribution in [0.2, 0.25) is 0 Å². The summed E-state index contributed by atoms with van der Waals surface area (Å²) < 4.78 is 2.84. The fourth-order valence-electron chi connectivity index (χ4n) is 5.29. The molecule has 0 bridgehead atoms. The van der Waals surface area contributed by atoms with E-state index in [1.165, 1.54) is 164 Å². The van der Waals surface area contributed by atoms with Crippen LogP contribution >= 0.6 is 0 Å². The van der Waals surface area contributed by atoms with Crippen molar-refractivity contribution in [3.8, 4) is 0 Å². The van der Waals surface area contributed by atoms with Gasteiger partial charge in [0.2, 0.25) is 0 Å². The number of rotatable bonds is 24. The first-order valence-corrected chi connectivity index (χ1v) is 16.2. The normalized spacial score (nSPS) is 11.7. The van der Waals surface area contributed by atoms with E-state index in [-0.39, 0.29) is 20.4 Å². The Hall–Kier alpha value is 0.582. The third kappa shape index (κ3) is 22.3. The first-order valence-electron chi connectivity index (χ1n) is 16.2. The van der Waals surface area contributed by atoms with Crippen molar-refractivity contribution in [2.45, 2.75) is 158 Å². The molecule has 0 saturated carbocycles. The molecule has 0 spiro atoms. The van der Waals surface area contributed by atoms with Crippen molar-refractivity contribution in [3.05, 3.63) is 0 Å². The van der Waals surface area contributed by atoms with Gasteiger partial charge in [0, 0.05) is 20.4 Å². The smallest absolute Gasteiger partial charge is 0.0786 e. The van der Waals surface area contributed by atoms with Crippen molar-refractivity contribution in [1.82, 2.24) is 0 Å². The van der Waals surface area contributed by atoms with E-state index >= 15 is 0 Å². The van der Waals surface area contributed by atoms with Gasteiger partial charge in [-0.05, 0) is 51.4 Å². The molecule has 0 atom stereocenters. The van der Waals surface area contributed by atoms with Crippen LogP contribution in [0.15, 0.2) is 0 Å². The molecule has 218 valence electrons. The van der Waals surface area contributed by atoms with Gasteiger partial charge in [0.1, 0.15) is 0 Å². The summed E-state index contributed by atoms with van der Waals surface area (Å²) >= 11 is 0. The van der Waals surface area contributed by atoms with Gasteiger partial charge in [-0.2, -0.15) is 0 Å². The predicted octanol–water partition coefficient (Wildman–Crippen LogP) is 10.0. The van der Waals surface area contributed by atoms with Crippen molar-refractivity contribution >= 4 is 0 Å². The summed E-state index contributed by atoms with van der Waals surface area (Å²) in [5, 5.41) is 0. The Bertz CT molecular complexity index is 275. The molecule has 0 N–H and O–H groups in total. The summed E-state index contributed by atoms with van der Waals surface area (Å²) in [5.41, 5.74) is 0. The molecule has 0 fully saturated rings. The zero-order valence-electron chi connectivity index (χ0n) is 26.2. The van der Waals surface area contributed by atoms with Crippen molar-refractivity contribution < 1.29 is 29.4 Å². The monoisotopic (exact) mass is 590 g/mol. The van der Waals surface area contributed by atoms with Crippen LogP contribution in [0.3, 0.4) is 0 Å². The average molecular weight is 591 g/mol. The van der Waals surface area contributed by atoms with E-state index in [2.05, 4.69) is 55.4 Å². The molecule has 0 aliphatic heterocycles. The standard InChI is InChI=1S/2C16H36N.Pd/c2*1-5-9-13-17(14-10-6-2,15-11-7-3)16-12-8-4;/h2*5-16H2,1-4H3;/q2*+1;. The van der Waals surface area contributed by atoms with Crippen molar-refractivity contribution in [3.63, 3.8) is 0 Å². The number of nitrogens with zero attached hydrogens (tertiary/aromatic N) is 2. The minimum absolute atomic E-state index is 0. The molecule has 0 aliphatic carbocycles. The number of hydrogen-bond acceptors (Lipinski definition) is 0. The van der Waals surface area contributed by atoms with Crippen molar-refractivity contribution in [2.75, 3.05) is 52.4 Å². The third-order valence-electron chi connectivity index (χ3n) is 7.89. The van der Waals surface area contributed by atoms with Gasteiger partial charge in [0.05, 0.1) is 52.4 Å². The molecule has 0 aromatic carbocycles. The second-order valence-corrected chi connectivity index (χ2v) is 11.3. The summed E-state index contributed by atoms with van der Waals surface area (Å²) in [5.74, 6) is 0. The molecular formula is C32H72N2Pd+2. The zero-order chi connectivity index (χ0) is 26.0. The molecule has 0 aliphatic rings. The maximum Gasteiger partial charge on any atom is 0.0786 e. The van der Waals surface area contributed by atoms with Crippen LogP contribution < -0.4 is 0 Å². The fraction of sp³-hybridized carbons (Fsp3) is 1.00. The largest absolute Gasteiger partial charge is 0.324 e. The van der Waals surface area contributed by atoms with Gasteiger partial charge in [-0.25, -0.2) is 0 Å². The van der Waals surface area contributed by atoms with E-state index in [4.69, 9.17) is 0 Å². The topological polar surface area (TPSA) is 0 Å². The molecule has 35 heavy (non-hydrogen) atoms. The molecule has 0 radical (unpaired) electrons. The number of hydrogen-bond donors (Lipinski definition) is 0. The second kappa shape index (κ2) is 29.1. The average Bonchev–Trinajstić information content (AvgIpc) is 2.87. The molecule has 2 nitrogen and oxygen atoms in total. The zero-order valence-corrected chi connectivity index (χ0v) is 27.7. The van der Waals surface area contributed by atoms with Gasteiger partial charge >= 0.3 is 0 Å². The molecule has 0 amide bonds. The molecule has 0 unspecified atom stereocenters. The predicted molar refractivity (Wildman–Crippen MR) is 159 cm³/mol. The Morgan fingerprint density at radius 3 is 0.457 bits per heavy atom. The van der Waals surface area contributed by atoms with Crippen LogP contribution in [0, 0.1) is 0 Å². The molecule has 0 heterocycles. The Labute approximate surface area is 239 Å². The second-order valence-electron chi connectivity index (χ2n) is 11.3. The maximum atomic E-state index is 2.33. The van der Waals surface area contributed by atoms with Crippen LogP contribution in [0.25, 0.3) is 0 Å². The summed E-state index contributed by atoms with van der Waals surface area (Å²) in [6.07, 6.45) is 22.1. The first kappa shape index (κ1) is 40.1. The van der Waals surface area contributed by atoms with E-state index in [0.29, 0.717) is 0 Å². The third-order valence-corrected chi connectivity index (χ3v) is 7.89. The summed E-state index contributed by atoms with van der Waals surface area (Å²) in [7, 11) is 0. The Morgan fingerprint density at radius 1 is 0.257 bits per heavy atom. The number of quaternary nitrogens is 2. The molecule has 0 rings (SSSR count). The first-order chi connectivity index (χ1) is 16.5. The summed E-state index contributed by atoms with van der Waals surface area (Å²) in [4.78, 5) is 0. The van der Waals surface area contributed by atoms with Crippen molar-refractivity contribution in [2.24, 2.45) is 0 Å². The summed E-state index contributed by atoms with van der Waals surface area (Å²) in [6, 6.07) is 0. The van der Waals surface area contributed by atoms with Gasteiger partial charge in [0.25, 0.3) is 0 Å². The van der Waals surface area contributed by atoms with E-state index < -0.39 is 0 Å². The van der Waals surface area contributed by atoms with Crippen LogP contribution in [0.1, 0.15) is 158 Å². The Balaban J connectivity index is -0.000000569. The number of unbranched alkanes of at least 4 members (excludes halogenated alkanes) is 8. The van der Waals surface area contributed by atoms with Crippen LogP contribution in [0.5, 0.6) is 0 Å². The van der Waals surface area contributed by atoms with Gasteiger partial charge in [-0.3, -0.25) is 0 Å². The SMILES string of the molecule is CCCC[N+](CCCC)(CCCC)CCCC.CCCC[N+](CCCC)(CCCC)CCCC.[Pd].